The first-order valence-corrected chi connectivity index (χ1v) is 5.95. The molecule has 0 saturated heterocycles. The maximum absolute atomic E-state index is 11.6. The van der Waals surface area contributed by atoms with Crippen molar-refractivity contribution in [1.29, 1.82) is 5.26 Å². The normalized spacial score (nSPS) is 18.8. The molecule has 0 bridgehead atoms. The average molecular weight is 272 g/mol. The molecule has 2 rings (SSSR count). The van der Waals surface area contributed by atoms with E-state index in [2.05, 4.69) is 17.9 Å². The number of carbonyl (C=O) groups is 1. The van der Waals surface area contributed by atoms with E-state index < -0.39 is 11.8 Å². The third-order valence-electron chi connectivity index (χ3n) is 2.89. The number of nitrogens with two attached hydrogens (primary N) is 2. The standard InChI is InChI=1S/C13H12N4OS/c14-6-8-9(7-4-2-1-3-5-7)10(12(16)18)13(19)17-11(8)15/h1-5,9,17,19H,15H2,(H2,16,18). The van der Waals surface area contributed by atoms with E-state index >= 15 is 0 Å². The van der Waals surface area contributed by atoms with Gasteiger partial charge in [-0.15, -0.1) is 12.6 Å². The van der Waals surface area contributed by atoms with Gasteiger partial charge in [0.05, 0.1) is 28.2 Å². The van der Waals surface area contributed by atoms with Crippen LogP contribution >= 0.6 is 12.6 Å². The number of nitriles is 1. The zero-order valence-corrected chi connectivity index (χ0v) is 10.8. The number of thiol groups is 1. The molecule has 5 nitrogen and oxygen atoms in total. The molecule has 1 aliphatic heterocycles. The van der Waals surface area contributed by atoms with Crippen molar-refractivity contribution in [3.05, 3.63) is 57.9 Å². The molecular formula is C13H12N4OS. The van der Waals surface area contributed by atoms with Gasteiger partial charge in [-0.1, -0.05) is 30.3 Å². The molecule has 6 heteroatoms. The summed E-state index contributed by atoms with van der Waals surface area (Å²) in [5.74, 6) is -1.03. The highest BCUT2D eigenvalue weighted by molar-refractivity contribution is 7.84. The summed E-state index contributed by atoms with van der Waals surface area (Å²) < 4.78 is 0. The molecule has 1 heterocycles. The molecule has 1 aliphatic rings. The fourth-order valence-electron chi connectivity index (χ4n) is 2.06. The maximum atomic E-state index is 11.6. The van der Waals surface area contributed by atoms with Crippen LogP contribution in [0.4, 0.5) is 0 Å². The molecule has 1 atom stereocenters. The van der Waals surface area contributed by atoms with Crippen molar-refractivity contribution in [2.45, 2.75) is 5.92 Å². The Morgan fingerprint density at radius 2 is 2.00 bits per heavy atom. The van der Waals surface area contributed by atoms with E-state index in [-0.39, 0.29) is 22.0 Å². The second-order valence-corrected chi connectivity index (χ2v) is 4.48. The van der Waals surface area contributed by atoms with Gasteiger partial charge in [0.1, 0.15) is 5.82 Å². The smallest absolute Gasteiger partial charge is 0.248 e. The predicted molar refractivity (Wildman–Crippen MR) is 74.4 cm³/mol. The van der Waals surface area contributed by atoms with Gasteiger partial charge in [-0.3, -0.25) is 4.79 Å². The van der Waals surface area contributed by atoms with Crippen LogP contribution in [0.2, 0.25) is 0 Å². The molecule has 5 N–H and O–H groups in total. The average Bonchev–Trinajstić information content (AvgIpc) is 2.38. The van der Waals surface area contributed by atoms with Crippen molar-refractivity contribution in [3.8, 4) is 6.07 Å². The van der Waals surface area contributed by atoms with Gasteiger partial charge in [-0.2, -0.15) is 5.26 Å². The highest BCUT2D eigenvalue weighted by Crippen LogP contribution is 2.37. The van der Waals surface area contributed by atoms with Crippen molar-refractivity contribution >= 4 is 18.5 Å². The lowest BCUT2D eigenvalue weighted by molar-refractivity contribution is -0.114. The summed E-state index contributed by atoms with van der Waals surface area (Å²) in [5, 5.41) is 12.2. The van der Waals surface area contributed by atoms with Crippen molar-refractivity contribution in [1.82, 2.24) is 5.32 Å². The molecule has 19 heavy (non-hydrogen) atoms. The number of hydrogen-bond acceptors (Lipinski definition) is 5. The van der Waals surface area contributed by atoms with Crippen molar-refractivity contribution in [2.75, 3.05) is 0 Å². The molecule has 0 spiro atoms. The number of dihydropyridines is 1. The second kappa shape index (κ2) is 5.08. The van der Waals surface area contributed by atoms with Gasteiger partial charge >= 0.3 is 0 Å². The van der Waals surface area contributed by atoms with Crippen molar-refractivity contribution in [2.24, 2.45) is 11.5 Å². The molecule has 1 aromatic rings. The van der Waals surface area contributed by atoms with Gasteiger partial charge < -0.3 is 16.8 Å². The lowest BCUT2D eigenvalue weighted by Gasteiger charge is -2.26. The first-order valence-electron chi connectivity index (χ1n) is 5.51. The molecule has 0 saturated carbocycles. The first kappa shape index (κ1) is 13.1. The number of allylic oxidation sites excluding steroid dienone is 1. The van der Waals surface area contributed by atoms with Crippen molar-refractivity contribution in [3.63, 3.8) is 0 Å². The van der Waals surface area contributed by atoms with E-state index in [0.29, 0.717) is 0 Å². The Morgan fingerprint density at radius 1 is 1.37 bits per heavy atom. The number of primary amides is 1. The van der Waals surface area contributed by atoms with E-state index in [1.807, 2.05) is 36.4 Å². The van der Waals surface area contributed by atoms with Gasteiger partial charge in [0.25, 0.3) is 0 Å². The van der Waals surface area contributed by atoms with Crippen LogP contribution in [0.3, 0.4) is 0 Å². The minimum Gasteiger partial charge on any atom is -0.384 e. The van der Waals surface area contributed by atoms with Crippen LogP contribution in [-0.2, 0) is 4.79 Å². The quantitative estimate of drug-likeness (QED) is 0.594. The topological polar surface area (TPSA) is 105 Å². The first-order chi connectivity index (χ1) is 9.06. The zero-order chi connectivity index (χ0) is 14.0. The Morgan fingerprint density at radius 3 is 2.53 bits per heavy atom. The molecule has 0 aliphatic carbocycles. The van der Waals surface area contributed by atoms with Crippen LogP contribution in [0.15, 0.2) is 52.3 Å². The number of amides is 1. The van der Waals surface area contributed by atoms with Gasteiger partial charge in [0.2, 0.25) is 5.91 Å². The fourth-order valence-corrected chi connectivity index (χ4v) is 2.42. The third kappa shape index (κ3) is 2.28. The molecule has 1 amide bonds. The Labute approximate surface area is 116 Å². The summed E-state index contributed by atoms with van der Waals surface area (Å²) in [6, 6.07) is 11.1. The maximum Gasteiger partial charge on any atom is 0.248 e. The molecule has 0 fully saturated rings. The minimum absolute atomic E-state index is 0.186. The van der Waals surface area contributed by atoms with Crippen LogP contribution in [0.25, 0.3) is 0 Å². The van der Waals surface area contributed by atoms with Gasteiger partial charge in [-0.05, 0) is 5.56 Å². The van der Waals surface area contributed by atoms with E-state index in [1.54, 1.807) is 0 Å². The summed E-state index contributed by atoms with van der Waals surface area (Å²) in [5.41, 5.74) is 12.4. The van der Waals surface area contributed by atoms with Crippen LogP contribution < -0.4 is 16.8 Å². The number of benzene rings is 1. The molecule has 0 radical (unpaired) electrons. The Kier molecular flexibility index (Phi) is 3.49. The van der Waals surface area contributed by atoms with E-state index in [4.69, 9.17) is 11.5 Å². The van der Waals surface area contributed by atoms with Crippen LogP contribution in [0.5, 0.6) is 0 Å². The van der Waals surface area contributed by atoms with E-state index in [1.165, 1.54) is 0 Å². The Bertz CT molecular complexity index is 628. The highest BCUT2D eigenvalue weighted by Gasteiger charge is 2.32. The van der Waals surface area contributed by atoms with Crippen LogP contribution in [-0.4, -0.2) is 5.91 Å². The number of rotatable bonds is 2. The highest BCUT2D eigenvalue weighted by atomic mass is 32.1. The third-order valence-corrected chi connectivity index (χ3v) is 3.25. The summed E-state index contributed by atoms with van der Waals surface area (Å²) >= 11 is 4.19. The monoisotopic (exact) mass is 272 g/mol. The number of nitrogens with one attached hydrogen (secondary N) is 1. The molecule has 1 unspecified atom stereocenters. The van der Waals surface area contributed by atoms with Crippen LogP contribution in [0, 0.1) is 11.3 Å². The Hall–Kier alpha value is -2.39. The largest absolute Gasteiger partial charge is 0.384 e. The minimum atomic E-state index is -0.633. The summed E-state index contributed by atoms with van der Waals surface area (Å²) in [7, 11) is 0. The SMILES string of the molecule is N#CC1=C(N)NC(S)=C(C(N)=O)C1c1ccccc1. The fraction of sp³-hybridized carbons (Fsp3) is 0.0769. The van der Waals surface area contributed by atoms with Crippen LogP contribution in [0.1, 0.15) is 11.5 Å². The lowest BCUT2D eigenvalue weighted by atomic mass is 9.83. The predicted octanol–water partition coefficient (Wildman–Crippen LogP) is 0.694. The second-order valence-electron chi connectivity index (χ2n) is 4.03. The van der Waals surface area contributed by atoms with Gasteiger partial charge in [0.15, 0.2) is 0 Å². The number of nitrogens with zero attached hydrogens (tertiary/aromatic N) is 1. The molecule has 1 aromatic carbocycles. The number of carbonyl (C=O) groups excluding carboxylic acids is 1. The Balaban J connectivity index is 2.65. The number of hydrogen-bond donors (Lipinski definition) is 4. The van der Waals surface area contributed by atoms with Gasteiger partial charge in [-0.25, -0.2) is 0 Å². The molecular weight excluding hydrogens is 260 g/mol. The molecule has 0 aromatic heterocycles. The molecule has 96 valence electrons. The summed E-state index contributed by atoms with van der Waals surface area (Å²) in [4.78, 5) is 11.6. The van der Waals surface area contributed by atoms with E-state index in [9.17, 15) is 10.1 Å². The summed E-state index contributed by atoms with van der Waals surface area (Å²) in [6.07, 6.45) is 0. The zero-order valence-electron chi connectivity index (χ0n) is 9.92. The lowest BCUT2D eigenvalue weighted by Crippen LogP contribution is -2.33. The summed E-state index contributed by atoms with van der Waals surface area (Å²) in [6.45, 7) is 0. The van der Waals surface area contributed by atoms with Gasteiger partial charge in [0, 0.05) is 0 Å². The van der Waals surface area contributed by atoms with E-state index in [0.717, 1.165) is 5.56 Å². The van der Waals surface area contributed by atoms with Crippen molar-refractivity contribution < 1.29 is 4.79 Å².